The largest absolute Gasteiger partial charge is 0.489 e. The highest BCUT2D eigenvalue weighted by atomic mass is 16.5. The van der Waals surface area contributed by atoms with Crippen LogP contribution in [-0.4, -0.2) is 13.2 Å². The second kappa shape index (κ2) is 4.01. The molecule has 0 bridgehead atoms. The standard InChI is InChI=1S/C11H11NO2/c12-6-2-7-13-10-4-1-3-9-5-8-14-11(9)10/h1,3-4H,2,5,7-8H2. The van der Waals surface area contributed by atoms with Crippen LogP contribution in [0, 0.1) is 11.3 Å². The molecule has 0 atom stereocenters. The summed E-state index contributed by atoms with van der Waals surface area (Å²) in [6.45, 7) is 1.16. The molecule has 3 heteroatoms. The van der Waals surface area contributed by atoms with E-state index in [0.29, 0.717) is 13.0 Å². The topological polar surface area (TPSA) is 42.2 Å². The Bertz CT molecular complexity index is 368. The zero-order valence-corrected chi connectivity index (χ0v) is 7.82. The van der Waals surface area contributed by atoms with E-state index in [4.69, 9.17) is 14.7 Å². The first kappa shape index (κ1) is 8.89. The van der Waals surface area contributed by atoms with Crippen LogP contribution in [0.4, 0.5) is 0 Å². The normalized spacial score (nSPS) is 12.8. The molecule has 0 fully saturated rings. The van der Waals surface area contributed by atoms with Crippen molar-refractivity contribution in [3.63, 3.8) is 0 Å². The van der Waals surface area contributed by atoms with Gasteiger partial charge in [0.25, 0.3) is 0 Å². The van der Waals surface area contributed by atoms with Crippen molar-refractivity contribution in [2.75, 3.05) is 13.2 Å². The van der Waals surface area contributed by atoms with Gasteiger partial charge in [-0.25, -0.2) is 0 Å². The Balaban J connectivity index is 2.11. The highest BCUT2D eigenvalue weighted by Crippen LogP contribution is 2.35. The average molecular weight is 189 g/mol. The maximum atomic E-state index is 8.38. The lowest BCUT2D eigenvalue weighted by Gasteiger charge is -2.08. The van der Waals surface area contributed by atoms with E-state index in [-0.39, 0.29) is 0 Å². The summed E-state index contributed by atoms with van der Waals surface area (Å²) in [5.41, 5.74) is 1.19. The number of benzene rings is 1. The van der Waals surface area contributed by atoms with E-state index in [1.807, 2.05) is 24.3 Å². The predicted octanol–water partition coefficient (Wildman–Crippen LogP) is 1.91. The molecule has 1 aromatic rings. The van der Waals surface area contributed by atoms with Crippen LogP contribution in [0.2, 0.25) is 0 Å². The number of rotatable bonds is 3. The molecule has 72 valence electrons. The monoisotopic (exact) mass is 189 g/mol. The third-order valence-electron chi connectivity index (χ3n) is 2.15. The summed E-state index contributed by atoms with van der Waals surface area (Å²) in [6, 6.07) is 7.91. The fourth-order valence-electron chi connectivity index (χ4n) is 1.51. The number of nitriles is 1. The molecule has 14 heavy (non-hydrogen) atoms. The van der Waals surface area contributed by atoms with Crippen molar-refractivity contribution in [3.05, 3.63) is 23.8 Å². The third kappa shape index (κ3) is 1.64. The van der Waals surface area contributed by atoms with E-state index in [1.165, 1.54) is 5.56 Å². The van der Waals surface area contributed by atoms with E-state index >= 15 is 0 Å². The van der Waals surface area contributed by atoms with E-state index in [2.05, 4.69) is 0 Å². The van der Waals surface area contributed by atoms with E-state index in [9.17, 15) is 0 Å². The highest BCUT2D eigenvalue weighted by Gasteiger charge is 2.16. The Morgan fingerprint density at radius 1 is 1.50 bits per heavy atom. The van der Waals surface area contributed by atoms with Crippen molar-refractivity contribution in [2.24, 2.45) is 0 Å². The van der Waals surface area contributed by atoms with Crippen LogP contribution in [0.1, 0.15) is 12.0 Å². The molecular formula is C11H11NO2. The van der Waals surface area contributed by atoms with E-state index < -0.39 is 0 Å². The van der Waals surface area contributed by atoms with Gasteiger partial charge in [0.05, 0.1) is 19.1 Å². The third-order valence-corrected chi connectivity index (χ3v) is 2.15. The van der Waals surface area contributed by atoms with Crippen LogP contribution in [0.15, 0.2) is 18.2 Å². The molecule has 0 radical (unpaired) electrons. The lowest BCUT2D eigenvalue weighted by atomic mass is 10.1. The van der Waals surface area contributed by atoms with E-state index in [0.717, 1.165) is 24.5 Å². The summed E-state index contributed by atoms with van der Waals surface area (Å²) >= 11 is 0. The molecule has 1 aliphatic rings. The summed E-state index contributed by atoms with van der Waals surface area (Å²) < 4.78 is 10.9. The Hall–Kier alpha value is -1.69. The minimum absolute atomic E-state index is 0.406. The van der Waals surface area contributed by atoms with Gasteiger partial charge >= 0.3 is 0 Å². The van der Waals surface area contributed by atoms with Gasteiger partial charge in [-0.3, -0.25) is 0 Å². The van der Waals surface area contributed by atoms with Gasteiger partial charge in [0.2, 0.25) is 0 Å². The minimum atomic E-state index is 0.406. The van der Waals surface area contributed by atoms with Gasteiger partial charge in [0.1, 0.15) is 6.61 Å². The molecule has 2 rings (SSSR count). The molecule has 0 unspecified atom stereocenters. The molecule has 0 saturated heterocycles. The Labute approximate surface area is 82.9 Å². The van der Waals surface area contributed by atoms with Crippen LogP contribution >= 0.6 is 0 Å². The van der Waals surface area contributed by atoms with Crippen molar-refractivity contribution in [1.29, 1.82) is 5.26 Å². The Morgan fingerprint density at radius 3 is 3.29 bits per heavy atom. The molecule has 0 N–H and O–H groups in total. The van der Waals surface area contributed by atoms with Gasteiger partial charge in [-0.1, -0.05) is 12.1 Å². The summed E-state index contributed by atoms with van der Waals surface area (Å²) in [4.78, 5) is 0. The van der Waals surface area contributed by atoms with Gasteiger partial charge < -0.3 is 9.47 Å². The minimum Gasteiger partial charge on any atom is -0.489 e. The molecule has 0 saturated carbocycles. The summed E-state index contributed by atoms with van der Waals surface area (Å²) in [5.74, 6) is 1.61. The maximum Gasteiger partial charge on any atom is 0.164 e. The predicted molar refractivity (Wildman–Crippen MR) is 51.4 cm³/mol. The number of hydrogen-bond donors (Lipinski definition) is 0. The van der Waals surface area contributed by atoms with Crippen molar-refractivity contribution in [2.45, 2.75) is 12.8 Å². The first-order valence-electron chi connectivity index (χ1n) is 4.66. The number of para-hydroxylation sites is 1. The van der Waals surface area contributed by atoms with Gasteiger partial charge in [0, 0.05) is 12.0 Å². The van der Waals surface area contributed by atoms with Crippen molar-refractivity contribution in [1.82, 2.24) is 0 Å². The van der Waals surface area contributed by atoms with Gasteiger partial charge in [-0.2, -0.15) is 5.26 Å². The molecule has 1 aromatic carbocycles. The zero-order chi connectivity index (χ0) is 9.80. The molecule has 0 aliphatic carbocycles. The Morgan fingerprint density at radius 2 is 2.43 bits per heavy atom. The van der Waals surface area contributed by atoms with Crippen LogP contribution in [0.25, 0.3) is 0 Å². The molecular weight excluding hydrogens is 178 g/mol. The SMILES string of the molecule is N#CCCOc1cccc2c1OCC2. The summed E-state index contributed by atoms with van der Waals surface area (Å²) in [5, 5.41) is 8.38. The van der Waals surface area contributed by atoms with Crippen molar-refractivity contribution < 1.29 is 9.47 Å². The molecule has 0 spiro atoms. The van der Waals surface area contributed by atoms with Crippen LogP contribution in [0.5, 0.6) is 11.5 Å². The van der Waals surface area contributed by atoms with Crippen LogP contribution in [0.3, 0.4) is 0 Å². The second-order valence-electron chi connectivity index (χ2n) is 3.10. The lowest BCUT2D eigenvalue weighted by Crippen LogP contribution is -1.97. The molecule has 0 amide bonds. The van der Waals surface area contributed by atoms with Crippen molar-refractivity contribution >= 4 is 0 Å². The summed E-state index contributed by atoms with van der Waals surface area (Å²) in [6.07, 6.45) is 1.36. The number of hydrogen-bond acceptors (Lipinski definition) is 3. The first-order chi connectivity index (χ1) is 6.92. The first-order valence-corrected chi connectivity index (χ1v) is 4.66. The number of nitrogens with zero attached hydrogens (tertiary/aromatic N) is 1. The maximum absolute atomic E-state index is 8.38. The number of fused-ring (bicyclic) bond motifs is 1. The molecule has 3 nitrogen and oxygen atoms in total. The van der Waals surface area contributed by atoms with Crippen LogP contribution in [-0.2, 0) is 6.42 Å². The van der Waals surface area contributed by atoms with E-state index in [1.54, 1.807) is 0 Å². The molecule has 0 aromatic heterocycles. The fraction of sp³-hybridized carbons (Fsp3) is 0.364. The van der Waals surface area contributed by atoms with Gasteiger partial charge in [-0.15, -0.1) is 0 Å². The van der Waals surface area contributed by atoms with Crippen molar-refractivity contribution in [3.8, 4) is 17.6 Å². The Kier molecular flexibility index (Phi) is 2.55. The fourth-order valence-corrected chi connectivity index (χ4v) is 1.51. The van der Waals surface area contributed by atoms with Crippen LogP contribution < -0.4 is 9.47 Å². The molecule has 1 heterocycles. The highest BCUT2D eigenvalue weighted by molar-refractivity contribution is 5.48. The quantitative estimate of drug-likeness (QED) is 0.682. The van der Waals surface area contributed by atoms with Gasteiger partial charge in [0.15, 0.2) is 11.5 Å². The lowest BCUT2D eigenvalue weighted by molar-refractivity contribution is 0.291. The zero-order valence-electron chi connectivity index (χ0n) is 7.82. The molecule has 1 aliphatic heterocycles. The summed E-state index contributed by atoms with van der Waals surface area (Å²) in [7, 11) is 0. The van der Waals surface area contributed by atoms with Gasteiger partial charge in [-0.05, 0) is 6.07 Å². The average Bonchev–Trinajstić information content (AvgIpc) is 2.67. The second-order valence-corrected chi connectivity index (χ2v) is 3.10. The number of ether oxygens (including phenoxy) is 2. The smallest absolute Gasteiger partial charge is 0.164 e.